The van der Waals surface area contributed by atoms with E-state index in [1.165, 1.54) is 50.1 Å². The number of aromatic nitrogens is 4. The summed E-state index contributed by atoms with van der Waals surface area (Å²) in [6.45, 7) is 13.1. The maximum absolute atomic E-state index is 4.85. The fourth-order valence-electron chi connectivity index (χ4n) is 8.11. The molecule has 2 aromatic heterocycles. The first-order chi connectivity index (χ1) is 24.5. The number of rotatable bonds is 3. The second-order valence-electron chi connectivity index (χ2n) is 16.0. The van der Waals surface area contributed by atoms with Gasteiger partial charge in [-0.2, -0.15) is 0 Å². The smallest absolute Gasteiger partial charge is 0.159 e. The summed E-state index contributed by atoms with van der Waals surface area (Å²) >= 11 is 0. The molecule has 4 heteroatoms. The lowest BCUT2D eigenvalue weighted by atomic mass is 9.70. The molecule has 9 rings (SSSR count). The molecule has 0 N–H and O–H groups in total. The SMILES string of the molecule is CC(C)(C)c1ccc(-c2ncc(-c3ccc4c(c3)C3(c5ccccc5-c5ccccc53)c3cc(-c5cnc(C(C)(C)C)nc5)ccc3-4)cn2)cc1. The highest BCUT2D eigenvalue weighted by Gasteiger charge is 2.51. The summed E-state index contributed by atoms with van der Waals surface area (Å²) in [6, 6.07) is 40.2. The van der Waals surface area contributed by atoms with E-state index in [9.17, 15) is 0 Å². The lowest BCUT2D eigenvalue weighted by molar-refractivity contribution is 0.545. The lowest BCUT2D eigenvalue weighted by Gasteiger charge is -2.31. The number of fused-ring (bicyclic) bond motifs is 10. The van der Waals surface area contributed by atoms with Gasteiger partial charge in [0.1, 0.15) is 5.82 Å². The molecule has 0 fully saturated rings. The van der Waals surface area contributed by atoms with Crippen molar-refractivity contribution in [2.45, 2.75) is 57.8 Å². The average molecular weight is 661 g/mol. The van der Waals surface area contributed by atoms with Crippen LogP contribution in [-0.4, -0.2) is 19.9 Å². The van der Waals surface area contributed by atoms with Gasteiger partial charge in [0, 0.05) is 46.9 Å². The highest BCUT2D eigenvalue weighted by Crippen LogP contribution is 2.63. The summed E-state index contributed by atoms with van der Waals surface area (Å²) in [7, 11) is 0. The van der Waals surface area contributed by atoms with Crippen LogP contribution >= 0.6 is 0 Å². The number of benzene rings is 5. The molecule has 0 bridgehead atoms. The second-order valence-corrected chi connectivity index (χ2v) is 16.0. The lowest BCUT2D eigenvalue weighted by Crippen LogP contribution is -2.26. The largest absolute Gasteiger partial charge is 0.240 e. The highest BCUT2D eigenvalue weighted by atomic mass is 14.9. The Labute approximate surface area is 300 Å². The summed E-state index contributed by atoms with van der Waals surface area (Å²) in [5, 5.41) is 0. The Bertz CT molecular complexity index is 2420. The summed E-state index contributed by atoms with van der Waals surface area (Å²) in [5.41, 5.74) is 16.3. The van der Waals surface area contributed by atoms with E-state index in [1.54, 1.807) is 0 Å². The van der Waals surface area contributed by atoms with Crippen LogP contribution < -0.4 is 0 Å². The molecule has 0 unspecified atom stereocenters. The Balaban J connectivity index is 1.20. The summed E-state index contributed by atoms with van der Waals surface area (Å²) in [4.78, 5) is 19.3. The van der Waals surface area contributed by atoms with Crippen LogP contribution in [0.5, 0.6) is 0 Å². The molecular formula is C47H40N4. The first-order valence-corrected chi connectivity index (χ1v) is 17.8. The third-order valence-electron chi connectivity index (χ3n) is 10.7. The van der Waals surface area contributed by atoms with Crippen molar-refractivity contribution in [3.8, 4) is 55.9 Å². The van der Waals surface area contributed by atoms with Crippen LogP contribution in [0.2, 0.25) is 0 Å². The zero-order chi connectivity index (χ0) is 35.1. The van der Waals surface area contributed by atoms with Crippen molar-refractivity contribution in [3.05, 3.63) is 168 Å². The van der Waals surface area contributed by atoms with Gasteiger partial charge in [-0.05, 0) is 78.7 Å². The fourth-order valence-corrected chi connectivity index (χ4v) is 8.11. The first kappa shape index (κ1) is 31.3. The molecule has 4 nitrogen and oxygen atoms in total. The van der Waals surface area contributed by atoms with Crippen LogP contribution in [0.4, 0.5) is 0 Å². The van der Waals surface area contributed by atoms with E-state index in [-0.39, 0.29) is 10.8 Å². The Kier molecular flexibility index (Phi) is 6.82. The minimum atomic E-state index is -0.480. The molecule has 1 spiro atoms. The summed E-state index contributed by atoms with van der Waals surface area (Å²) in [6.07, 6.45) is 7.88. The van der Waals surface area contributed by atoms with Crippen LogP contribution in [-0.2, 0) is 16.2 Å². The van der Waals surface area contributed by atoms with E-state index >= 15 is 0 Å². The van der Waals surface area contributed by atoms with E-state index < -0.39 is 5.41 Å². The van der Waals surface area contributed by atoms with Crippen molar-refractivity contribution in [2.75, 3.05) is 0 Å². The Morgan fingerprint density at radius 3 is 1.29 bits per heavy atom. The van der Waals surface area contributed by atoms with Crippen LogP contribution in [0.25, 0.3) is 55.9 Å². The van der Waals surface area contributed by atoms with Crippen LogP contribution in [0, 0.1) is 0 Å². The van der Waals surface area contributed by atoms with E-state index in [4.69, 9.17) is 19.9 Å². The van der Waals surface area contributed by atoms with E-state index in [0.717, 1.165) is 39.5 Å². The Hall–Kier alpha value is -5.74. The second kappa shape index (κ2) is 11.1. The standard InChI is InChI=1S/C47H40N4/c1-45(2,3)34-19-15-29(16-20-34)43-48-25-32(26-49-43)30-17-21-37-38-22-18-31(33-27-50-44(51-28-33)46(4,5)6)24-42(38)47(41(37)23-30)39-13-9-7-11-35(39)36-12-8-10-14-40(36)47/h7-28H,1-6H3. The molecule has 2 heterocycles. The monoisotopic (exact) mass is 660 g/mol. The Morgan fingerprint density at radius 1 is 0.392 bits per heavy atom. The predicted molar refractivity (Wildman–Crippen MR) is 208 cm³/mol. The van der Waals surface area contributed by atoms with Crippen molar-refractivity contribution >= 4 is 0 Å². The molecular weight excluding hydrogens is 621 g/mol. The van der Waals surface area contributed by atoms with Gasteiger partial charge in [-0.25, -0.2) is 19.9 Å². The van der Waals surface area contributed by atoms with Crippen molar-refractivity contribution < 1.29 is 0 Å². The van der Waals surface area contributed by atoms with E-state index in [1.807, 2.05) is 24.8 Å². The molecule has 0 saturated heterocycles. The molecule has 7 aromatic rings. The number of nitrogens with zero attached hydrogens (tertiary/aromatic N) is 4. The number of hydrogen-bond donors (Lipinski definition) is 0. The molecule has 0 saturated carbocycles. The highest BCUT2D eigenvalue weighted by molar-refractivity contribution is 5.96. The Morgan fingerprint density at radius 2 is 0.824 bits per heavy atom. The van der Waals surface area contributed by atoms with Crippen molar-refractivity contribution in [1.82, 2.24) is 19.9 Å². The minimum absolute atomic E-state index is 0.0991. The van der Waals surface area contributed by atoms with E-state index in [0.29, 0.717) is 0 Å². The average Bonchev–Trinajstić information content (AvgIpc) is 3.61. The fraction of sp³-hybridized carbons (Fsp3) is 0.191. The van der Waals surface area contributed by atoms with Gasteiger partial charge in [0.15, 0.2) is 5.82 Å². The number of hydrogen-bond acceptors (Lipinski definition) is 4. The van der Waals surface area contributed by atoms with Crippen LogP contribution in [0.3, 0.4) is 0 Å². The van der Waals surface area contributed by atoms with Gasteiger partial charge < -0.3 is 0 Å². The van der Waals surface area contributed by atoms with Gasteiger partial charge in [-0.3, -0.25) is 0 Å². The summed E-state index contributed by atoms with van der Waals surface area (Å²) < 4.78 is 0. The van der Waals surface area contributed by atoms with Gasteiger partial charge in [-0.15, -0.1) is 0 Å². The molecule has 0 atom stereocenters. The van der Waals surface area contributed by atoms with Crippen LogP contribution in [0.1, 0.15) is 75.2 Å². The molecule has 0 amide bonds. The van der Waals surface area contributed by atoms with Gasteiger partial charge in [0.2, 0.25) is 0 Å². The van der Waals surface area contributed by atoms with Crippen LogP contribution in [0.15, 0.2) is 134 Å². The van der Waals surface area contributed by atoms with Gasteiger partial charge in [0.25, 0.3) is 0 Å². The topological polar surface area (TPSA) is 51.6 Å². The molecule has 51 heavy (non-hydrogen) atoms. The van der Waals surface area contributed by atoms with Crippen molar-refractivity contribution in [2.24, 2.45) is 0 Å². The zero-order valence-electron chi connectivity index (χ0n) is 30.0. The van der Waals surface area contributed by atoms with E-state index in [2.05, 4.69) is 151 Å². The molecule has 5 aromatic carbocycles. The van der Waals surface area contributed by atoms with Crippen molar-refractivity contribution in [1.29, 1.82) is 0 Å². The maximum Gasteiger partial charge on any atom is 0.159 e. The third kappa shape index (κ3) is 4.80. The molecule has 248 valence electrons. The van der Waals surface area contributed by atoms with Crippen molar-refractivity contribution in [3.63, 3.8) is 0 Å². The normalized spacial score (nSPS) is 13.8. The third-order valence-corrected chi connectivity index (χ3v) is 10.7. The quantitative estimate of drug-likeness (QED) is 0.189. The predicted octanol–water partition coefficient (Wildman–Crippen LogP) is 11.2. The zero-order valence-corrected chi connectivity index (χ0v) is 30.0. The summed E-state index contributed by atoms with van der Waals surface area (Å²) in [5.74, 6) is 1.58. The molecule has 2 aliphatic rings. The van der Waals surface area contributed by atoms with Gasteiger partial charge in [0.05, 0.1) is 5.41 Å². The maximum atomic E-state index is 4.85. The molecule has 2 aliphatic carbocycles. The van der Waals surface area contributed by atoms with Gasteiger partial charge >= 0.3 is 0 Å². The molecule has 0 radical (unpaired) electrons. The first-order valence-electron chi connectivity index (χ1n) is 17.8. The molecule has 0 aliphatic heterocycles. The van der Waals surface area contributed by atoms with Gasteiger partial charge in [-0.1, -0.05) is 139 Å². The minimum Gasteiger partial charge on any atom is -0.240 e.